The zero-order valence-corrected chi connectivity index (χ0v) is 11.4. The van der Waals surface area contributed by atoms with Crippen molar-refractivity contribution in [3.8, 4) is 0 Å². The second-order valence-corrected chi connectivity index (χ2v) is 5.94. The van der Waals surface area contributed by atoms with Crippen LogP contribution in [0.4, 0.5) is 0 Å². The molecular weight excluding hydrogens is 228 g/mol. The summed E-state index contributed by atoms with van der Waals surface area (Å²) in [6.45, 7) is 6.81. The quantitative estimate of drug-likeness (QED) is 0.558. The third-order valence-electron chi connectivity index (χ3n) is 2.18. The van der Waals surface area contributed by atoms with Gasteiger partial charge in [-0.05, 0) is 20.3 Å². The predicted octanol–water partition coefficient (Wildman–Crippen LogP) is 1.99. The first-order valence-corrected chi connectivity index (χ1v) is 7.81. The van der Waals surface area contributed by atoms with E-state index in [2.05, 4.69) is 0 Å². The fourth-order valence-electron chi connectivity index (χ4n) is 1.33. The van der Waals surface area contributed by atoms with Gasteiger partial charge in [0.05, 0.1) is 11.5 Å². The summed E-state index contributed by atoms with van der Waals surface area (Å²) in [7, 11) is -2.94. The van der Waals surface area contributed by atoms with Gasteiger partial charge in [-0.2, -0.15) is 0 Å². The molecule has 5 heteroatoms. The molecule has 0 N–H and O–H groups in total. The van der Waals surface area contributed by atoms with E-state index in [0.29, 0.717) is 19.6 Å². The Morgan fingerprint density at radius 2 is 1.56 bits per heavy atom. The number of sulfone groups is 1. The van der Waals surface area contributed by atoms with Gasteiger partial charge in [-0.1, -0.05) is 13.3 Å². The van der Waals surface area contributed by atoms with E-state index in [-0.39, 0.29) is 17.8 Å². The second kappa shape index (κ2) is 8.96. The van der Waals surface area contributed by atoms with Crippen molar-refractivity contribution in [2.45, 2.75) is 46.3 Å². The lowest BCUT2D eigenvalue weighted by Crippen LogP contribution is -2.22. The Labute approximate surface area is 99.2 Å². The molecule has 0 amide bonds. The molecule has 4 nitrogen and oxygen atoms in total. The van der Waals surface area contributed by atoms with Gasteiger partial charge in [-0.3, -0.25) is 0 Å². The summed E-state index contributed by atoms with van der Waals surface area (Å²) in [4.78, 5) is 0. The first-order valence-electron chi connectivity index (χ1n) is 5.99. The van der Waals surface area contributed by atoms with E-state index in [9.17, 15) is 8.42 Å². The number of unbranched alkanes of at least 4 members (excludes halogenated alkanes) is 1. The molecule has 0 fully saturated rings. The maximum atomic E-state index is 11.6. The van der Waals surface area contributed by atoms with Crippen molar-refractivity contribution in [1.82, 2.24) is 0 Å². The summed E-state index contributed by atoms with van der Waals surface area (Å²) in [5, 5.41) is 0. The molecule has 0 rings (SSSR count). The minimum Gasteiger partial charge on any atom is -0.353 e. The lowest BCUT2D eigenvalue weighted by atomic mass is 10.4. The highest BCUT2D eigenvalue weighted by atomic mass is 32.2. The van der Waals surface area contributed by atoms with E-state index in [1.165, 1.54) is 0 Å². The Balaban J connectivity index is 3.97. The summed E-state index contributed by atoms with van der Waals surface area (Å²) < 4.78 is 33.8. The third-order valence-corrected chi connectivity index (χ3v) is 3.95. The van der Waals surface area contributed by atoms with Crippen LogP contribution in [0.15, 0.2) is 0 Å². The standard InChI is InChI=1S/C11H24O4S/c1-4-7-9-16(12,13)10-8-11(14-5-2)15-6-3/h11H,4-10H2,1-3H3. The molecule has 0 atom stereocenters. The molecule has 0 aromatic rings. The average molecular weight is 252 g/mol. The van der Waals surface area contributed by atoms with Crippen molar-refractivity contribution in [3.63, 3.8) is 0 Å². The van der Waals surface area contributed by atoms with Gasteiger partial charge in [0.15, 0.2) is 16.1 Å². The van der Waals surface area contributed by atoms with Crippen LogP contribution in [0, 0.1) is 0 Å². The van der Waals surface area contributed by atoms with Gasteiger partial charge in [0.1, 0.15) is 0 Å². The summed E-state index contributed by atoms with van der Waals surface area (Å²) in [5.41, 5.74) is 0. The van der Waals surface area contributed by atoms with Gasteiger partial charge in [0, 0.05) is 19.6 Å². The largest absolute Gasteiger partial charge is 0.353 e. The van der Waals surface area contributed by atoms with E-state index in [1.807, 2.05) is 20.8 Å². The fourth-order valence-corrected chi connectivity index (χ4v) is 2.81. The topological polar surface area (TPSA) is 52.6 Å². The van der Waals surface area contributed by atoms with E-state index < -0.39 is 9.84 Å². The Bertz CT molecular complexity index is 243. The third kappa shape index (κ3) is 8.07. The molecule has 0 aliphatic rings. The highest BCUT2D eigenvalue weighted by molar-refractivity contribution is 7.91. The van der Waals surface area contributed by atoms with Crippen molar-refractivity contribution in [2.75, 3.05) is 24.7 Å². The maximum absolute atomic E-state index is 11.6. The average Bonchev–Trinajstić information content (AvgIpc) is 2.24. The minimum atomic E-state index is -2.94. The van der Waals surface area contributed by atoms with Crippen LogP contribution in [0.3, 0.4) is 0 Å². The van der Waals surface area contributed by atoms with Crippen LogP contribution in [0.2, 0.25) is 0 Å². The minimum absolute atomic E-state index is 0.150. The van der Waals surface area contributed by atoms with Crippen LogP contribution >= 0.6 is 0 Å². The van der Waals surface area contributed by atoms with Gasteiger partial charge < -0.3 is 9.47 Å². The van der Waals surface area contributed by atoms with Crippen molar-refractivity contribution in [2.24, 2.45) is 0 Å². The lowest BCUT2D eigenvalue weighted by Gasteiger charge is -2.16. The first kappa shape index (κ1) is 15.9. The lowest BCUT2D eigenvalue weighted by molar-refractivity contribution is -0.136. The summed E-state index contributed by atoms with van der Waals surface area (Å²) >= 11 is 0. The number of hydrogen-bond donors (Lipinski definition) is 0. The number of rotatable bonds is 10. The van der Waals surface area contributed by atoms with Crippen LogP contribution in [0.1, 0.15) is 40.0 Å². The van der Waals surface area contributed by atoms with Gasteiger partial charge in [-0.15, -0.1) is 0 Å². The van der Waals surface area contributed by atoms with Crippen LogP contribution in [0.5, 0.6) is 0 Å². The zero-order valence-electron chi connectivity index (χ0n) is 10.6. The monoisotopic (exact) mass is 252 g/mol. The second-order valence-electron chi connectivity index (χ2n) is 3.63. The van der Waals surface area contributed by atoms with E-state index >= 15 is 0 Å². The van der Waals surface area contributed by atoms with Crippen molar-refractivity contribution in [3.05, 3.63) is 0 Å². The molecule has 98 valence electrons. The fraction of sp³-hybridized carbons (Fsp3) is 1.00. The number of hydrogen-bond acceptors (Lipinski definition) is 4. The highest BCUT2D eigenvalue weighted by Crippen LogP contribution is 2.06. The molecule has 0 saturated carbocycles. The summed E-state index contributed by atoms with van der Waals surface area (Å²) in [5.74, 6) is 0.423. The van der Waals surface area contributed by atoms with Crippen molar-refractivity contribution >= 4 is 9.84 Å². The van der Waals surface area contributed by atoms with Gasteiger partial charge in [-0.25, -0.2) is 8.42 Å². The first-order chi connectivity index (χ1) is 7.55. The molecular formula is C11H24O4S. The molecule has 0 aromatic heterocycles. The van der Waals surface area contributed by atoms with Gasteiger partial charge in [0.2, 0.25) is 0 Å². The van der Waals surface area contributed by atoms with Gasteiger partial charge >= 0.3 is 0 Å². The summed E-state index contributed by atoms with van der Waals surface area (Å²) in [6.07, 6.45) is 1.68. The van der Waals surface area contributed by atoms with Crippen molar-refractivity contribution < 1.29 is 17.9 Å². The molecule has 0 aliphatic heterocycles. The summed E-state index contributed by atoms with van der Waals surface area (Å²) in [6, 6.07) is 0. The Morgan fingerprint density at radius 3 is 2.00 bits per heavy atom. The molecule has 0 heterocycles. The molecule has 0 aliphatic carbocycles. The van der Waals surface area contributed by atoms with Gasteiger partial charge in [0.25, 0.3) is 0 Å². The normalized spacial score (nSPS) is 12.2. The molecule has 0 unspecified atom stereocenters. The Morgan fingerprint density at radius 1 is 1.00 bits per heavy atom. The van der Waals surface area contributed by atoms with E-state index in [0.717, 1.165) is 12.8 Å². The zero-order chi connectivity index (χ0) is 12.4. The SMILES string of the molecule is CCCCS(=O)(=O)CCC(OCC)OCC. The van der Waals surface area contributed by atoms with E-state index in [4.69, 9.17) is 9.47 Å². The number of ether oxygens (including phenoxy) is 2. The molecule has 0 spiro atoms. The highest BCUT2D eigenvalue weighted by Gasteiger charge is 2.15. The van der Waals surface area contributed by atoms with Crippen LogP contribution in [-0.2, 0) is 19.3 Å². The maximum Gasteiger partial charge on any atom is 0.158 e. The Kier molecular flexibility index (Phi) is 8.89. The molecule has 0 bridgehead atoms. The molecule has 16 heavy (non-hydrogen) atoms. The Hall–Kier alpha value is -0.130. The van der Waals surface area contributed by atoms with Crippen molar-refractivity contribution in [1.29, 1.82) is 0 Å². The molecule has 0 radical (unpaired) electrons. The van der Waals surface area contributed by atoms with Crippen LogP contribution < -0.4 is 0 Å². The van der Waals surface area contributed by atoms with Crippen LogP contribution in [0.25, 0.3) is 0 Å². The molecule has 0 aromatic carbocycles. The molecule has 0 saturated heterocycles. The smallest absolute Gasteiger partial charge is 0.158 e. The predicted molar refractivity (Wildman–Crippen MR) is 65.2 cm³/mol. The van der Waals surface area contributed by atoms with E-state index in [1.54, 1.807) is 0 Å². The van der Waals surface area contributed by atoms with Crippen LogP contribution in [-0.4, -0.2) is 39.4 Å².